The molecule has 182 valence electrons. The number of carbonyl (C=O) groups excluding carboxylic acids is 2. The number of sulfonamides is 1. The van der Waals surface area contributed by atoms with Gasteiger partial charge in [-0.05, 0) is 49.8 Å². The van der Waals surface area contributed by atoms with Gasteiger partial charge < -0.3 is 10.2 Å². The van der Waals surface area contributed by atoms with E-state index in [-0.39, 0.29) is 35.2 Å². The van der Waals surface area contributed by atoms with Crippen molar-refractivity contribution in [1.29, 1.82) is 0 Å². The van der Waals surface area contributed by atoms with E-state index in [9.17, 15) is 18.0 Å². The third-order valence-corrected chi connectivity index (χ3v) is 9.51. The van der Waals surface area contributed by atoms with Gasteiger partial charge in [-0.2, -0.15) is 4.31 Å². The minimum atomic E-state index is -3.86. The van der Waals surface area contributed by atoms with Gasteiger partial charge >= 0.3 is 0 Å². The predicted octanol–water partition coefficient (Wildman–Crippen LogP) is 3.99. The number of halogens is 1. The van der Waals surface area contributed by atoms with Gasteiger partial charge in [-0.3, -0.25) is 9.59 Å². The third kappa shape index (κ3) is 5.30. The molecular formula is C24H34BrN3O4S. The number of carbonyl (C=O) groups is 2. The van der Waals surface area contributed by atoms with Crippen LogP contribution in [0.4, 0.5) is 5.69 Å². The Kier molecular flexibility index (Phi) is 7.80. The number of amides is 2. The highest BCUT2D eigenvalue weighted by atomic mass is 79.9. The van der Waals surface area contributed by atoms with Gasteiger partial charge in [0, 0.05) is 36.6 Å². The van der Waals surface area contributed by atoms with Crippen molar-refractivity contribution in [2.24, 2.45) is 5.92 Å². The van der Waals surface area contributed by atoms with E-state index >= 15 is 0 Å². The molecule has 33 heavy (non-hydrogen) atoms. The van der Waals surface area contributed by atoms with Gasteiger partial charge in [0.25, 0.3) is 0 Å². The summed E-state index contributed by atoms with van der Waals surface area (Å²) in [5.41, 5.74) is 1.37. The van der Waals surface area contributed by atoms with Gasteiger partial charge in [0.15, 0.2) is 0 Å². The quantitative estimate of drug-likeness (QED) is 0.573. The summed E-state index contributed by atoms with van der Waals surface area (Å²) in [6.07, 6.45) is 9.02. The average molecular weight is 541 g/mol. The molecule has 2 amide bonds. The lowest BCUT2D eigenvalue weighted by molar-refractivity contribution is -0.127. The first-order chi connectivity index (χ1) is 15.8. The number of anilines is 1. The van der Waals surface area contributed by atoms with Crippen molar-refractivity contribution in [3.8, 4) is 0 Å². The summed E-state index contributed by atoms with van der Waals surface area (Å²) in [7, 11) is -3.86. The van der Waals surface area contributed by atoms with E-state index in [0.717, 1.165) is 31.2 Å². The second-order valence-corrected chi connectivity index (χ2v) is 12.3. The minimum absolute atomic E-state index is 0.0240. The molecule has 0 radical (unpaired) electrons. The van der Waals surface area contributed by atoms with Gasteiger partial charge in [-0.1, -0.05) is 48.5 Å². The SMILES string of the molecule is CCC(=O)N1CCc2cc(Br)cc(S(=O)(=O)N3CCCC(C(=O)NC4CCCCCC4)C3)c21. The highest BCUT2D eigenvalue weighted by Gasteiger charge is 2.38. The maximum atomic E-state index is 13.8. The van der Waals surface area contributed by atoms with E-state index in [1.54, 1.807) is 17.9 Å². The van der Waals surface area contributed by atoms with Gasteiger partial charge in [-0.15, -0.1) is 0 Å². The molecule has 9 heteroatoms. The van der Waals surface area contributed by atoms with E-state index in [4.69, 9.17) is 0 Å². The van der Waals surface area contributed by atoms with Gasteiger partial charge in [0.05, 0.1) is 11.6 Å². The molecule has 0 aromatic heterocycles. The molecule has 4 rings (SSSR count). The zero-order chi connectivity index (χ0) is 23.6. The zero-order valence-corrected chi connectivity index (χ0v) is 21.7. The molecule has 2 aliphatic heterocycles. The molecular weight excluding hydrogens is 506 g/mol. The molecule has 1 saturated carbocycles. The monoisotopic (exact) mass is 539 g/mol. The van der Waals surface area contributed by atoms with Crippen LogP contribution in [0.2, 0.25) is 0 Å². The van der Waals surface area contributed by atoms with Crippen molar-refractivity contribution in [1.82, 2.24) is 9.62 Å². The number of piperidine rings is 1. The van der Waals surface area contributed by atoms with E-state index in [1.807, 2.05) is 6.07 Å². The molecule has 1 N–H and O–H groups in total. The van der Waals surface area contributed by atoms with Crippen LogP contribution in [0.1, 0.15) is 70.3 Å². The second kappa shape index (κ2) is 10.4. The molecule has 1 aromatic rings. The summed E-state index contributed by atoms with van der Waals surface area (Å²) in [4.78, 5) is 27.3. The van der Waals surface area contributed by atoms with Crippen molar-refractivity contribution in [3.05, 3.63) is 22.2 Å². The van der Waals surface area contributed by atoms with Crippen molar-refractivity contribution in [2.75, 3.05) is 24.5 Å². The average Bonchev–Trinajstić information content (AvgIpc) is 3.06. The fourth-order valence-electron chi connectivity index (χ4n) is 5.36. The van der Waals surface area contributed by atoms with Gasteiger partial charge in [0.2, 0.25) is 21.8 Å². The lowest BCUT2D eigenvalue weighted by atomic mass is 9.97. The highest BCUT2D eigenvalue weighted by Crippen LogP contribution is 2.39. The molecule has 1 aliphatic carbocycles. The Morgan fingerprint density at radius 2 is 1.79 bits per heavy atom. The van der Waals surface area contributed by atoms with Crippen LogP contribution in [0, 0.1) is 5.92 Å². The van der Waals surface area contributed by atoms with Crippen LogP contribution >= 0.6 is 15.9 Å². The maximum absolute atomic E-state index is 13.8. The van der Waals surface area contributed by atoms with Gasteiger partial charge in [-0.25, -0.2) is 8.42 Å². The molecule has 0 spiro atoms. The van der Waals surface area contributed by atoms with Crippen LogP contribution in [0.25, 0.3) is 0 Å². The minimum Gasteiger partial charge on any atom is -0.353 e. The Morgan fingerprint density at radius 1 is 1.06 bits per heavy atom. The first-order valence-corrected chi connectivity index (χ1v) is 14.5. The fourth-order valence-corrected chi connectivity index (χ4v) is 7.80. The molecule has 1 aromatic carbocycles. The molecule has 0 bridgehead atoms. The normalized spacial score (nSPS) is 22.6. The topological polar surface area (TPSA) is 86.8 Å². The lowest BCUT2D eigenvalue weighted by Gasteiger charge is -2.33. The van der Waals surface area contributed by atoms with Gasteiger partial charge in [0.1, 0.15) is 4.90 Å². The van der Waals surface area contributed by atoms with E-state index in [2.05, 4.69) is 21.2 Å². The Morgan fingerprint density at radius 3 is 2.48 bits per heavy atom. The number of hydrogen-bond acceptors (Lipinski definition) is 4. The van der Waals surface area contributed by atoms with Crippen LogP contribution < -0.4 is 10.2 Å². The summed E-state index contributed by atoms with van der Waals surface area (Å²) >= 11 is 3.45. The Labute approximate surface area is 205 Å². The van der Waals surface area contributed by atoms with Crippen molar-refractivity contribution in [3.63, 3.8) is 0 Å². The van der Waals surface area contributed by atoms with Crippen LogP contribution in [0.15, 0.2) is 21.5 Å². The molecule has 1 saturated heterocycles. The van der Waals surface area contributed by atoms with Crippen LogP contribution in [-0.2, 0) is 26.0 Å². The molecule has 3 aliphatic rings. The summed E-state index contributed by atoms with van der Waals surface area (Å²) in [5, 5.41) is 3.20. The smallest absolute Gasteiger partial charge is 0.245 e. The maximum Gasteiger partial charge on any atom is 0.245 e. The number of fused-ring (bicyclic) bond motifs is 1. The number of rotatable bonds is 5. The lowest BCUT2D eigenvalue weighted by Crippen LogP contribution is -2.47. The Balaban J connectivity index is 1.55. The van der Waals surface area contributed by atoms with E-state index < -0.39 is 10.0 Å². The first kappa shape index (κ1) is 24.7. The Bertz CT molecular complexity index is 1010. The number of hydrogen-bond donors (Lipinski definition) is 1. The standard InChI is InChI=1S/C24H34BrN3O4S/c1-2-22(29)28-13-11-17-14-19(25)15-21(23(17)28)33(31,32)27-12-7-8-18(16-27)24(30)26-20-9-5-3-4-6-10-20/h14-15,18,20H,2-13,16H2,1H3,(H,26,30). The van der Waals surface area contributed by atoms with Crippen molar-refractivity contribution < 1.29 is 18.0 Å². The van der Waals surface area contributed by atoms with Crippen LogP contribution in [0.3, 0.4) is 0 Å². The van der Waals surface area contributed by atoms with Crippen molar-refractivity contribution in [2.45, 2.75) is 82.1 Å². The molecule has 2 fully saturated rings. The molecule has 7 nitrogen and oxygen atoms in total. The zero-order valence-electron chi connectivity index (χ0n) is 19.3. The van der Waals surface area contributed by atoms with E-state index in [1.165, 1.54) is 17.1 Å². The predicted molar refractivity (Wildman–Crippen MR) is 132 cm³/mol. The molecule has 2 heterocycles. The van der Waals surface area contributed by atoms with Crippen LogP contribution in [0.5, 0.6) is 0 Å². The third-order valence-electron chi connectivity index (χ3n) is 7.17. The van der Waals surface area contributed by atoms with Crippen molar-refractivity contribution >= 4 is 43.5 Å². The number of nitrogens with one attached hydrogen (secondary N) is 1. The van der Waals surface area contributed by atoms with Crippen LogP contribution in [-0.4, -0.2) is 50.2 Å². The van der Waals surface area contributed by atoms with E-state index in [0.29, 0.717) is 48.9 Å². The fraction of sp³-hybridized carbons (Fsp3) is 0.667. The summed E-state index contributed by atoms with van der Waals surface area (Å²) in [5.74, 6) is -0.443. The number of nitrogens with zero attached hydrogens (tertiary/aromatic N) is 2. The Hall–Kier alpha value is -1.45. The largest absolute Gasteiger partial charge is 0.353 e. The molecule has 1 atom stereocenters. The second-order valence-electron chi connectivity index (χ2n) is 9.46. The number of benzene rings is 1. The summed E-state index contributed by atoms with van der Waals surface area (Å²) < 4.78 is 29.7. The summed E-state index contributed by atoms with van der Waals surface area (Å²) in [6.45, 7) is 2.85. The highest BCUT2D eigenvalue weighted by molar-refractivity contribution is 9.10. The molecule has 1 unspecified atom stereocenters. The first-order valence-electron chi connectivity index (χ1n) is 12.2. The summed E-state index contributed by atoms with van der Waals surface area (Å²) in [6, 6.07) is 3.70.